The van der Waals surface area contributed by atoms with E-state index in [0.717, 1.165) is 36.6 Å². The molecule has 0 spiro atoms. The Balaban J connectivity index is 1.89. The number of hydrogen-bond donors (Lipinski definition) is 2. The predicted octanol–water partition coefficient (Wildman–Crippen LogP) is 1.42. The van der Waals surface area contributed by atoms with Gasteiger partial charge in [0.2, 0.25) is 5.91 Å². The normalized spacial score (nSPS) is 17.7. The second-order valence-electron chi connectivity index (χ2n) is 5.38. The number of carbonyl (C=O) groups excluding carboxylic acids is 1. The second kappa shape index (κ2) is 6.54. The SMILES string of the molecule is O=C(Cn1cc(Br)ccc1=O)NCC1(O)CCCCC1. The van der Waals surface area contributed by atoms with Gasteiger partial charge in [-0.2, -0.15) is 0 Å². The molecule has 6 heteroatoms. The molecule has 5 nitrogen and oxygen atoms in total. The van der Waals surface area contributed by atoms with Gasteiger partial charge in [0.15, 0.2) is 0 Å². The average Bonchev–Trinajstić information content (AvgIpc) is 2.42. The summed E-state index contributed by atoms with van der Waals surface area (Å²) >= 11 is 3.26. The number of carbonyl (C=O) groups is 1. The van der Waals surface area contributed by atoms with Gasteiger partial charge in [-0.15, -0.1) is 0 Å². The topological polar surface area (TPSA) is 71.3 Å². The fourth-order valence-corrected chi connectivity index (χ4v) is 2.87. The lowest BCUT2D eigenvalue weighted by Gasteiger charge is -2.32. The molecular weight excluding hydrogens is 324 g/mol. The molecule has 0 bridgehead atoms. The fraction of sp³-hybridized carbons (Fsp3) is 0.571. The summed E-state index contributed by atoms with van der Waals surface area (Å²) in [5, 5.41) is 13.0. The van der Waals surface area contributed by atoms with Crippen molar-refractivity contribution < 1.29 is 9.90 Å². The molecule has 0 aromatic carbocycles. The molecule has 1 amide bonds. The Bertz CT molecular complexity index is 535. The van der Waals surface area contributed by atoms with Crippen LogP contribution in [0.25, 0.3) is 0 Å². The Morgan fingerprint density at radius 3 is 2.75 bits per heavy atom. The quantitative estimate of drug-likeness (QED) is 0.869. The van der Waals surface area contributed by atoms with Crippen LogP contribution in [0.15, 0.2) is 27.6 Å². The molecule has 1 aromatic heterocycles. The van der Waals surface area contributed by atoms with Gasteiger partial charge in [-0.05, 0) is 34.8 Å². The first-order valence-electron chi connectivity index (χ1n) is 6.84. The highest BCUT2D eigenvalue weighted by molar-refractivity contribution is 9.10. The van der Waals surface area contributed by atoms with Gasteiger partial charge in [0.25, 0.3) is 5.56 Å². The molecule has 2 rings (SSSR count). The smallest absolute Gasteiger partial charge is 0.251 e. The van der Waals surface area contributed by atoms with Gasteiger partial charge in [-0.3, -0.25) is 9.59 Å². The summed E-state index contributed by atoms with van der Waals surface area (Å²) in [7, 11) is 0. The molecule has 2 N–H and O–H groups in total. The molecule has 1 saturated carbocycles. The Morgan fingerprint density at radius 1 is 1.35 bits per heavy atom. The van der Waals surface area contributed by atoms with Crippen LogP contribution in [0.2, 0.25) is 0 Å². The summed E-state index contributed by atoms with van der Waals surface area (Å²) in [5.74, 6) is -0.260. The molecule has 1 heterocycles. The van der Waals surface area contributed by atoms with Gasteiger partial charge in [0.1, 0.15) is 6.54 Å². The summed E-state index contributed by atoms with van der Waals surface area (Å²) < 4.78 is 2.08. The summed E-state index contributed by atoms with van der Waals surface area (Å²) in [4.78, 5) is 23.5. The van der Waals surface area contributed by atoms with E-state index in [0.29, 0.717) is 0 Å². The van der Waals surface area contributed by atoms with E-state index in [4.69, 9.17) is 0 Å². The number of aliphatic hydroxyl groups is 1. The maximum absolute atomic E-state index is 11.9. The highest BCUT2D eigenvalue weighted by Crippen LogP contribution is 2.27. The Morgan fingerprint density at radius 2 is 2.05 bits per heavy atom. The number of nitrogens with one attached hydrogen (secondary N) is 1. The zero-order valence-electron chi connectivity index (χ0n) is 11.3. The third kappa shape index (κ3) is 4.18. The molecule has 20 heavy (non-hydrogen) atoms. The van der Waals surface area contributed by atoms with Gasteiger partial charge in [0, 0.05) is 23.3 Å². The molecule has 1 aliphatic rings. The van der Waals surface area contributed by atoms with E-state index >= 15 is 0 Å². The van der Waals surface area contributed by atoms with Crippen molar-refractivity contribution in [1.29, 1.82) is 0 Å². The highest BCUT2D eigenvalue weighted by Gasteiger charge is 2.29. The minimum Gasteiger partial charge on any atom is -0.388 e. The second-order valence-corrected chi connectivity index (χ2v) is 6.29. The summed E-state index contributed by atoms with van der Waals surface area (Å²) in [6.07, 6.45) is 6.17. The van der Waals surface area contributed by atoms with Crippen LogP contribution >= 0.6 is 15.9 Å². The summed E-state index contributed by atoms with van der Waals surface area (Å²) in [6, 6.07) is 3.05. The standard InChI is InChI=1S/C14H19BrN2O3/c15-11-4-5-13(19)17(8-11)9-12(18)16-10-14(20)6-2-1-3-7-14/h4-5,8,20H,1-3,6-7,9-10H2,(H,16,18). The number of halogens is 1. The maximum atomic E-state index is 11.9. The first-order chi connectivity index (χ1) is 9.48. The summed E-state index contributed by atoms with van der Waals surface area (Å²) in [5.41, 5.74) is -1.00. The maximum Gasteiger partial charge on any atom is 0.251 e. The van der Waals surface area contributed by atoms with Crippen molar-refractivity contribution in [3.63, 3.8) is 0 Å². The van der Waals surface area contributed by atoms with Gasteiger partial charge in [-0.1, -0.05) is 19.3 Å². The molecule has 110 valence electrons. The molecule has 0 radical (unpaired) electrons. The first kappa shape index (κ1) is 15.3. The molecule has 0 atom stereocenters. The van der Waals surface area contributed by atoms with Crippen LogP contribution < -0.4 is 10.9 Å². The van der Waals surface area contributed by atoms with Crippen LogP contribution in [0, 0.1) is 0 Å². The molecule has 1 aromatic rings. The number of amides is 1. The molecule has 0 aliphatic heterocycles. The predicted molar refractivity (Wildman–Crippen MR) is 79.4 cm³/mol. The number of aromatic nitrogens is 1. The number of pyridine rings is 1. The van der Waals surface area contributed by atoms with E-state index in [9.17, 15) is 14.7 Å². The Kier molecular flexibility index (Phi) is 4.99. The largest absolute Gasteiger partial charge is 0.388 e. The number of hydrogen-bond acceptors (Lipinski definition) is 3. The van der Waals surface area contributed by atoms with Gasteiger partial charge in [-0.25, -0.2) is 0 Å². The van der Waals surface area contributed by atoms with Crippen LogP contribution in [0.3, 0.4) is 0 Å². The van der Waals surface area contributed by atoms with Crippen molar-refractivity contribution in [2.24, 2.45) is 0 Å². The minimum absolute atomic E-state index is 0.0334. The van der Waals surface area contributed by atoms with Crippen molar-refractivity contribution in [2.45, 2.75) is 44.2 Å². The molecule has 0 saturated heterocycles. The van der Waals surface area contributed by atoms with Crippen LogP contribution in [-0.4, -0.2) is 27.7 Å². The molecule has 0 unspecified atom stereocenters. The van der Waals surface area contributed by atoms with E-state index in [-0.39, 0.29) is 24.6 Å². The van der Waals surface area contributed by atoms with Gasteiger partial charge < -0.3 is 15.0 Å². The third-order valence-electron chi connectivity index (χ3n) is 3.66. The van der Waals surface area contributed by atoms with Crippen LogP contribution in [-0.2, 0) is 11.3 Å². The lowest BCUT2D eigenvalue weighted by atomic mass is 9.85. The summed E-state index contributed by atoms with van der Waals surface area (Å²) in [6.45, 7) is 0.225. The minimum atomic E-state index is -0.782. The van der Waals surface area contributed by atoms with Gasteiger partial charge >= 0.3 is 0 Å². The first-order valence-corrected chi connectivity index (χ1v) is 7.63. The van der Waals surface area contributed by atoms with Crippen molar-refractivity contribution in [3.05, 3.63) is 33.2 Å². The van der Waals surface area contributed by atoms with E-state index < -0.39 is 5.60 Å². The van der Waals surface area contributed by atoms with Crippen molar-refractivity contribution in [1.82, 2.24) is 9.88 Å². The van der Waals surface area contributed by atoms with E-state index in [2.05, 4.69) is 21.2 Å². The monoisotopic (exact) mass is 342 g/mol. The van der Waals surface area contributed by atoms with Crippen LogP contribution in [0.4, 0.5) is 0 Å². The van der Waals surface area contributed by atoms with Crippen molar-refractivity contribution >= 4 is 21.8 Å². The van der Waals surface area contributed by atoms with Crippen LogP contribution in [0.1, 0.15) is 32.1 Å². The van der Waals surface area contributed by atoms with Crippen molar-refractivity contribution in [3.8, 4) is 0 Å². The Hall–Kier alpha value is -1.14. The van der Waals surface area contributed by atoms with Crippen molar-refractivity contribution in [2.75, 3.05) is 6.54 Å². The molecule has 1 aliphatic carbocycles. The fourth-order valence-electron chi connectivity index (χ4n) is 2.49. The average molecular weight is 343 g/mol. The highest BCUT2D eigenvalue weighted by atomic mass is 79.9. The number of rotatable bonds is 4. The molecule has 1 fully saturated rings. The lowest BCUT2D eigenvalue weighted by Crippen LogP contribution is -2.45. The van der Waals surface area contributed by atoms with Gasteiger partial charge in [0.05, 0.1) is 5.60 Å². The van der Waals surface area contributed by atoms with E-state index in [1.54, 1.807) is 12.3 Å². The zero-order valence-corrected chi connectivity index (χ0v) is 12.9. The third-order valence-corrected chi connectivity index (χ3v) is 4.13. The van der Waals surface area contributed by atoms with E-state index in [1.807, 2.05) is 0 Å². The zero-order chi connectivity index (χ0) is 14.6. The Labute approximate surface area is 126 Å². The molecular formula is C14H19BrN2O3. The van der Waals surface area contributed by atoms with Crippen LogP contribution in [0.5, 0.6) is 0 Å². The number of nitrogens with zero attached hydrogens (tertiary/aromatic N) is 1. The van der Waals surface area contributed by atoms with E-state index in [1.165, 1.54) is 10.6 Å². The lowest BCUT2D eigenvalue weighted by molar-refractivity contribution is -0.123.